The van der Waals surface area contributed by atoms with Crippen molar-refractivity contribution in [3.05, 3.63) is 59.7 Å². The summed E-state index contributed by atoms with van der Waals surface area (Å²) < 4.78 is 0. The van der Waals surface area contributed by atoms with Gasteiger partial charge in [0.05, 0.1) is 6.04 Å². The summed E-state index contributed by atoms with van der Waals surface area (Å²) in [6.07, 6.45) is 4.61. The SMILES string of the molecule is CSc1ccccc1NC1CCC(C)c2ccccc21. The monoisotopic (exact) mass is 283 g/mol. The van der Waals surface area contributed by atoms with Gasteiger partial charge in [0.1, 0.15) is 0 Å². The fraction of sp³-hybridized carbons (Fsp3) is 0.333. The Balaban J connectivity index is 1.91. The number of para-hydroxylation sites is 1. The minimum atomic E-state index is 0.440. The molecule has 0 fully saturated rings. The molecule has 20 heavy (non-hydrogen) atoms. The molecule has 0 heterocycles. The van der Waals surface area contributed by atoms with Gasteiger partial charge >= 0.3 is 0 Å². The van der Waals surface area contributed by atoms with Crippen molar-refractivity contribution in [3.8, 4) is 0 Å². The van der Waals surface area contributed by atoms with Gasteiger partial charge in [-0.05, 0) is 48.3 Å². The van der Waals surface area contributed by atoms with Crippen molar-refractivity contribution in [1.29, 1.82) is 0 Å². The number of hydrogen-bond acceptors (Lipinski definition) is 2. The average molecular weight is 283 g/mol. The van der Waals surface area contributed by atoms with E-state index in [1.54, 1.807) is 11.8 Å². The molecule has 0 aliphatic heterocycles. The molecule has 2 heteroatoms. The third-order valence-electron chi connectivity index (χ3n) is 4.23. The van der Waals surface area contributed by atoms with Gasteiger partial charge in [-0.3, -0.25) is 0 Å². The molecule has 1 aliphatic carbocycles. The third-order valence-corrected chi connectivity index (χ3v) is 5.02. The van der Waals surface area contributed by atoms with Crippen LogP contribution in [0.1, 0.15) is 42.9 Å². The number of thioether (sulfide) groups is 1. The van der Waals surface area contributed by atoms with Crippen LogP contribution in [0, 0.1) is 0 Å². The first-order valence-electron chi connectivity index (χ1n) is 7.28. The number of anilines is 1. The third kappa shape index (κ3) is 2.57. The van der Waals surface area contributed by atoms with E-state index < -0.39 is 0 Å². The minimum absolute atomic E-state index is 0.440. The molecule has 1 nitrogen and oxygen atoms in total. The quantitative estimate of drug-likeness (QED) is 0.751. The standard InChI is InChI=1S/C18H21NS/c1-13-11-12-16(15-8-4-3-7-14(13)15)19-17-9-5-6-10-18(17)20-2/h3-10,13,16,19H,11-12H2,1-2H3. The van der Waals surface area contributed by atoms with Gasteiger partial charge < -0.3 is 5.32 Å². The highest BCUT2D eigenvalue weighted by atomic mass is 32.2. The Morgan fingerprint density at radius 1 is 0.950 bits per heavy atom. The van der Waals surface area contributed by atoms with E-state index >= 15 is 0 Å². The van der Waals surface area contributed by atoms with Gasteiger partial charge in [0.15, 0.2) is 0 Å². The van der Waals surface area contributed by atoms with Crippen molar-refractivity contribution in [2.45, 2.75) is 36.6 Å². The van der Waals surface area contributed by atoms with Crippen LogP contribution in [0.15, 0.2) is 53.4 Å². The number of hydrogen-bond donors (Lipinski definition) is 1. The molecule has 2 atom stereocenters. The lowest BCUT2D eigenvalue weighted by molar-refractivity contribution is 0.534. The topological polar surface area (TPSA) is 12.0 Å². The average Bonchev–Trinajstić information content (AvgIpc) is 2.51. The molecule has 2 unspecified atom stereocenters. The molecule has 0 aromatic heterocycles. The van der Waals surface area contributed by atoms with Crippen LogP contribution in [0.4, 0.5) is 5.69 Å². The molecule has 0 saturated heterocycles. The first kappa shape index (κ1) is 13.6. The molecular weight excluding hydrogens is 262 g/mol. The maximum Gasteiger partial charge on any atom is 0.0517 e. The maximum absolute atomic E-state index is 3.76. The number of benzene rings is 2. The van der Waals surface area contributed by atoms with Gasteiger partial charge in [-0.25, -0.2) is 0 Å². The van der Waals surface area contributed by atoms with Crippen molar-refractivity contribution < 1.29 is 0 Å². The van der Waals surface area contributed by atoms with Crippen molar-refractivity contribution in [2.24, 2.45) is 0 Å². The Hall–Kier alpha value is -1.41. The second kappa shape index (κ2) is 5.92. The normalized spacial score (nSPS) is 21.3. The van der Waals surface area contributed by atoms with Crippen LogP contribution in [0.5, 0.6) is 0 Å². The fourth-order valence-corrected chi connectivity index (χ4v) is 3.67. The molecule has 0 radical (unpaired) electrons. The molecule has 1 N–H and O–H groups in total. The first-order chi connectivity index (χ1) is 9.79. The van der Waals surface area contributed by atoms with Gasteiger partial charge in [0.25, 0.3) is 0 Å². The smallest absolute Gasteiger partial charge is 0.0517 e. The highest BCUT2D eigenvalue weighted by Gasteiger charge is 2.24. The van der Waals surface area contributed by atoms with Crippen molar-refractivity contribution in [2.75, 3.05) is 11.6 Å². The molecule has 2 aromatic rings. The van der Waals surface area contributed by atoms with E-state index in [4.69, 9.17) is 0 Å². The number of rotatable bonds is 3. The van der Waals surface area contributed by atoms with Crippen LogP contribution in [0.2, 0.25) is 0 Å². The summed E-state index contributed by atoms with van der Waals surface area (Å²) in [5.74, 6) is 0.681. The first-order valence-corrected chi connectivity index (χ1v) is 8.50. The molecule has 0 saturated carbocycles. The Labute approximate surface area is 125 Å². The minimum Gasteiger partial charge on any atom is -0.377 e. The zero-order valence-electron chi connectivity index (χ0n) is 12.1. The Bertz CT molecular complexity index is 593. The van der Waals surface area contributed by atoms with Crippen molar-refractivity contribution in [1.82, 2.24) is 0 Å². The fourth-order valence-electron chi connectivity index (χ4n) is 3.11. The summed E-state index contributed by atoms with van der Waals surface area (Å²) in [5, 5.41) is 3.76. The molecule has 0 bridgehead atoms. The predicted octanol–water partition coefficient (Wildman–Crippen LogP) is 5.46. The van der Waals surface area contributed by atoms with Crippen LogP contribution in [-0.2, 0) is 0 Å². The van der Waals surface area contributed by atoms with E-state index in [9.17, 15) is 0 Å². The summed E-state index contributed by atoms with van der Waals surface area (Å²) >= 11 is 1.80. The Morgan fingerprint density at radius 2 is 1.65 bits per heavy atom. The van der Waals surface area contributed by atoms with Gasteiger partial charge in [-0.2, -0.15) is 0 Å². The van der Waals surface area contributed by atoms with E-state index in [2.05, 4.69) is 67.0 Å². The van der Waals surface area contributed by atoms with Crippen LogP contribution < -0.4 is 5.32 Å². The van der Waals surface area contributed by atoms with Crippen LogP contribution in [-0.4, -0.2) is 6.26 Å². The zero-order valence-corrected chi connectivity index (χ0v) is 12.9. The summed E-state index contributed by atoms with van der Waals surface area (Å²) in [6, 6.07) is 17.9. The molecule has 0 spiro atoms. The van der Waals surface area contributed by atoms with Gasteiger partial charge in [-0.1, -0.05) is 43.3 Å². The zero-order chi connectivity index (χ0) is 13.9. The van der Waals surface area contributed by atoms with E-state index in [0.717, 1.165) is 0 Å². The maximum atomic E-state index is 3.76. The summed E-state index contributed by atoms with van der Waals surface area (Å²) in [7, 11) is 0. The summed E-state index contributed by atoms with van der Waals surface area (Å²) in [6.45, 7) is 2.34. The second-order valence-corrected chi connectivity index (χ2v) is 6.35. The van der Waals surface area contributed by atoms with Crippen LogP contribution in [0.25, 0.3) is 0 Å². The van der Waals surface area contributed by atoms with Crippen molar-refractivity contribution in [3.63, 3.8) is 0 Å². The molecule has 2 aromatic carbocycles. The predicted molar refractivity (Wildman–Crippen MR) is 88.7 cm³/mol. The Kier molecular flexibility index (Phi) is 4.02. The lowest BCUT2D eigenvalue weighted by Crippen LogP contribution is -2.19. The molecular formula is C18H21NS. The van der Waals surface area contributed by atoms with Crippen molar-refractivity contribution >= 4 is 17.4 Å². The highest BCUT2D eigenvalue weighted by Crippen LogP contribution is 2.39. The molecule has 104 valence electrons. The molecule has 1 aliphatic rings. The molecule has 0 amide bonds. The van der Waals surface area contributed by atoms with E-state index in [-0.39, 0.29) is 0 Å². The van der Waals surface area contributed by atoms with E-state index in [1.165, 1.54) is 34.6 Å². The van der Waals surface area contributed by atoms with Gasteiger partial charge in [0, 0.05) is 10.6 Å². The number of fused-ring (bicyclic) bond motifs is 1. The van der Waals surface area contributed by atoms with Gasteiger partial charge in [0.2, 0.25) is 0 Å². The number of nitrogens with one attached hydrogen (secondary N) is 1. The van der Waals surface area contributed by atoms with E-state index in [0.29, 0.717) is 12.0 Å². The second-order valence-electron chi connectivity index (χ2n) is 5.50. The van der Waals surface area contributed by atoms with Crippen LogP contribution in [0.3, 0.4) is 0 Å². The summed E-state index contributed by atoms with van der Waals surface area (Å²) in [4.78, 5) is 1.32. The lowest BCUT2D eigenvalue weighted by Gasteiger charge is -2.31. The molecule has 3 rings (SSSR count). The summed E-state index contributed by atoms with van der Waals surface area (Å²) in [5.41, 5.74) is 4.24. The lowest BCUT2D eigenvalue weighted by atomic mass is 9.81. The van der Waals surface area contributed by atoms with E-state index in [1.807, 2.05) is 0 Å². The van der Waals surface area contributed by atoms with Crippen LogP contribution >= 0.6 is 11.8 Å². The highest BCUT2D eigenvalue weighted by molar-refractivity contribution is 7.98. The Morgan fingerprint density at radius 3 is 2.45 bits per heavy atom. The van der Waals surface area contributed by atoms with Gasteiger partial charge in [-0.15, -0.1) is 11.8 Å². The largest absolute Gasteiger partial charge is 0.377 e.